The maximum Gasteiger partial charge on any atom is 0.255 e. The molecular weight excluding hydrogens is 419 g/mol. The summed E-state index contributed by atoms with van der Waals surface area (Å²) in [7, 11) is 0. The minimum atomic E-state index is -0.132. The van der Waals surface area contributed by atoms with Gasteiger partial charge >= 0.3 is 0 Å². The fourth-order valence-corrected chi connectivity index (χ4v) is 4.32. The number of hydrogen-bond donors (Lipinski definition) is 2. The summed E-state index contributed by atoms with van der Waals surface area (Å²) in [5, 5.41) is 12.6. The lowest BCUT2D eigenvalue weighted by Gasteiger charge is -2.23. The van der Waals surface area contributed by atoms with E-state index in [2.05, 4.69) is 22.3 Å². The molecule has 28 heavy (non-hydrogen) atoms. The van der Waals surface area contributed by atoms with Crippen LogP contribution < -0.4 is 10.6 Å². The molecule has 3 rings (SSSR count). The molecule has 8 heteroatoms. The predicted molar refractivity (Wildman–Crippen MR) is 116 cm³/mol. The van der Waals surface area contributed by atoms with Crippen LogP contribution in [-0.2, 0) is 13.0 Å². The van der Waals surface area contributed by atoms with Crippen LogP contribution in [-0.4, -0.2) is 28.3 Å². The number of rotatable bonds is 4. The number of hydrogen-bond acceptors (Lipinski definition) is 3. The molecule has 2 aliphatic rings. The molecule has 1 aliphatic carbocycles. The molecule has 1 amide bonds. The number of aryl methyl sites for hydroxylation is 1. The molecular formula is C20H23Cl3N4O. The molecule has 2 heterocycles. The topological polar surface area (TPSA) is 59.0 Å². The second-order valence-corrected chi connectivity index (χ2v) is 8.34. The lowest BCUT2D eigenvalue weighted by molar-refractivity contribution is 0.0931. The molecule has 0 radical (unpaired) electrons. The highest BCUT2D eigenvalue weighted by Gasteiger charge is 2.29. The van der Waals surface area contributed by atoms with Crippen LogP contribution in [0.3, 0.4) is 0 Å². The van der Waals surface area contributed by atoms with E-state index < -0.39 is 0 Å². The number of carbonyl (C=O) groups excluding carboxylic acids is 1. The number of amides is 1. The van der Waals surface area contributed by atoms with Gasteiger partial charge in [-0.05, 0) is 25.8 Å². The van der Waals surface area contributed by atoms with E-state index in [0.717, 1.165) is 17.7 Å². The highest BCUT2D eigenvalue weighted by Crippen LogP contribution is 2.35. The van der Waals surface area contributed by atoms with E-state index in [1.54, 1.807) is 16.8 Å². The Bertz CT molecular complexity index is 911. The van der Waals surface area contributed by atoms with Gasteiger partial charge in [0.25, 0.3) is 5.91 Å². The zero-order chi connectivity index (χ0) is 20.4. The van der Waals surface area contributed by atoms with Crippen molar-refractivity contribution in [1.82, 2.24) is 20.4 Å². The normalized spacial score (nSPS) is 20.5. The Balaban J connectivity index is 2.08. The third-order valence-corrected chi connectivity index (χ3v) is 5.55. The number of carbonyl (C=O) groups is 1. The van der Waals surface area contributed by atoms with Crippen LogP contribution in [0.4, 0.5) is 0 Å². The standard InChI is InChI=1S/C20H23Cl3N4O/c1-4-16-18-17(10-24-9-13(7-11(2)3)25-20(18)28)27(26-16)19-14(22)6-5-12(21)8-15(19)23/h5,8,13,24H,2,4,6-7,9-10H2,1,3H3,(H,25,28). The van der Waals surface area contributed by atoms with Gasteiger partial charge in [-0.25, -0.2) is 4.68 Å². The van der Waals surface area contributed by atoms with E-state index in [1.165, 1.54) is 0 Å². The molecule has 150 valence electrons. The molecule has 0 saturated heterocycles. The first-order chi connectivity index (χ1) is 13.3. The average molecular weight is 442 g/mol. The van der Waals surface area contributed by atoms with Crippen molar-refractivity contribution in [2.45, 2.75) is 45.7 Å². The molecule has 0 bridgehead atoms. The molecule has 1 aliphatic heterocycles. The summed E-state index contributed by atoms with van der Waals surface area (Å²) in [6.45, 7) is 8.98. The number of aromatic nitrogens is 2. The van der Waals surface area contributed by atoms with E-state index in [1.807, 2.05) is 13.8 Å². The van der Waals surface area contributed by atoms with Crippen molar-refractivity contribution in [2.75, 3.05) is 6.54 Å². The van der Waals surface area contributed by atoms with Gasteiger partial charge in [0, 0.05) is 35.6 Å². The van der Waals surface area contributed by atoms with E-state index in [4.69, 9.17) is 34.8 Å². The van der Waals surface area contributed by atoms with Crippen LogP contribution in [0.1, 0.15) is 48.4 Å². The van der Waals surface area contributed by atoms with Crippen LogP contribution in [0.25, 0.3) is 5.70 Å². The molecule has 0 spiro atoms. The van der Waals surface area contributed by atoms with Gasteiger partial charge < -0.3 is 10.6 Å². The van der Waals surface area contributed by atoms with Crippen molar-refractivity contribution < 1.29 is 4.79 Å². The van der Waals surface area contributed by atoms with Gasteiger partial charge in [0.05, 0.1) is 27.7 Å². The molecule has 1 unspecified atom stereocenters. The number of allylic oxidation sites excluding steroid dienone is 6. The Hall–Kier alpha value is -1.53. The SMILES string of the molecule is C=C(C)CC1CNCc2c(c(CC)nn2C2=C(Cl)CC=C(Cl)C=C2Cl)C(=O)N1. The highest BCUT2D eigenvalue weighted by molar-refractivity contribution is 6.42. The monoisotopic (exact) mass is 440 g/mol. The summed E-state index contributed by atoms with van der Waals surface area (Å²) >= 11 is 19.2. The first-order valence-electron chi connectivity index (χ1n) is 9.20. The minimum Gasteiger partial charge on any atom is -0.348 e. The van der Waals surface area contributed by atoms with E-state index >= 15 is 0 Å². The third-order valence-electron chi connectivity index (χ3n) is 4.66. The van der Waals surface area contributed by atoms with Gasteiger partial charge in [0.15, 0.2) is 0 Å². The molecule has 0 saturated carbocycles. The summed E-state index contributed by atoms with van der Waals surface area (Å²) < 4.78 is 1.68. The quantitative estimate of drug-likeness (QED) is 0.668. The van der Waals surface area contributed by atoms with Crippen LogP contribution in [0.5, 0.6) is 0 Å². The Morgan fingerprint density at radius 3 is 2.82 bits per heavy atom. The molecule has 2 N–H and O–H groups in total. The third kappa shape index (κ3) is 4.38. The second kappa shape index (κ2) is 8.87. The number of halogens is 3. The van der Waals surface area contributed by atoms with Crippen molar-refractivity contribution >= 4 is 46.4 Å². The summed E-state index contributed by atoms with van der Waals surface area (Å²) in [6.07, 6.45) is 5.21. The molecule has 0 aromatic carbocycles. The lowest BCUT2D eigenvalue weighted by Crippen LogP contribution is -2.44. The fraction of sp³-hybridized carbons (Fsp3) is 0.400. The van der Waals surface area contributed by atoms with Gasteiger partial charge in [-0.2, -0.15) is 5.10 Å². The van der Waals surface area contributed by atoms with Crippen LogP contribution in [0.2, 0.25) is 0 Å². The predicted octanol–water partition coefficient (Wildman–Crippen LogP) is 4.67. The first-order valence-corrected chi connectivity index (χ1v) is 10.3. The zero-order valence-corrected chi connectivity index (χ0v) is 18.2. The van der Waals surface area contributed by atoms with E-state index in [0.29, 0.717) is 58.0 Å². The lowest BCUT2D eigenvalue weighted by atomic mass is 10.0. The average Bonchev–Trinajstić information content (AvgIpc) is 2.89. The van der Waals surface area contributed by atoms with Gasteiger partial charge in [0.2, 0.25) is 0 Å². The maximum absolute atomic E-state index is 13.1. The van der Waals surface area contributed by atoms with Crippen molar-refractivity contribution in [1.29, 1.82) is 0 Å². The Morgan fingerprint density at radius 1 is 1.39 bits per heavy atom. The zero-order valence-electron chi connectivity index (χ0n) is 15.9. The molecule has 5 nitrogen and oxygen atoms in total. The largest absolute Gasteiger partial charge is 0.348 e. The molecule has 1 atom stereocenters. The Morgan fingerprint density at radius 2 is 2.14 bits per heavy atom. The molecule has 0 fully saturated rings. The Labute approximate surface area is 180 Å². The van der Waals surface area contributed by atoms with Crippen molar-refractivity contribution in [3.05, 3.63) is 56.4 Å². The van der Waals surface area contributed by atoms with E-state index in [9.17, 15) is 4.79 Å². The van der Waals surface area contributed by atoms with Crippen molar-refractivity contribution in [3.63, 3.8) is 0 Å². The first kappa shape index (κ1) is 21.2. The van der Waals surface area contributed by atoms with Crippen molar-refractivity contribution in [3.8, 4) is 0 Å². The van der Waals surface area contributed by atoms with Gasteiger partial charge in [-0.15, -0.1) is 6.58 Å². The van der Waals surface area contributed by atoms with E-state index in [-0.39, 0.29) is 11.9 Å². The van der Waals surface area contributed by atoms with Gasteiger partial charge in [-0.1, -0.05) is 53.4 Å². The van der Waals surface area contributed by atoms with Crippen LogP contribution in [0, 0.1) is 0 Å². The highest BCUT2D eigenvalue weighted by atomic mass is 35.5. The fourth-order valence-electron chi connectivity index (χ4n) is 3.46. The summed E-state index contributed by atoms with van der Waals surface area (Å²) in [5.74, 6) is -0.132. The minimum absolute atomic E-state index is 0.0154. The van der Waals surface area contributed by atoms with Crippen LogP contribution in [0.15, 0.2) is 39.4 Å². The van der Waals surface area contributed by atoms with Gasteiger partial charge in [-0.3, -0.25) is 4.79 Å². The van der Waals surface area contributed by atoms with Crippen LogP contribution >= 0.6 is 34.8 Å². The number of nitrogens with zero attached hydrogens (tertiary/aromatic N) is 2. The summed E-state index contributed by atoms with van der Waals surface area (Å²) in [4.78, 5) is 13.1. The van der Waals surface area contributed by atoms with Crippen molar-refractivity contribution in [2.24, 2.45) is 0 Å². The number of fused-ring (bicyclic) bond motifs is 1. The summed E-state index contributed by atoms with van der Waals surface area (Å²) in [6, 6.07) is -0.0154. The smallest absolute Gasteiger partial charge is 0.255 e. The second-order valence-electron chi connectivity index (χ2n) is 7.04. The molecule has 1 aromatic heterocycles. The summed E-state index contributed by atoms with van der Waals surface area (Å²) in [5.41, 5.74) is 3.60. The molecule has 1 aromatic rings. The Kier molecular flexibility index (Phi) is 6.71. The number of nitrogens with one attached hydrogen (secondary N) is 2. The maximum atomic E-state index is 13.1. The van der Waals surface area contributed by atoms with Gasteiger partial charge in [0.1, 0.15) is 0 Å².